The Morgan fingerprint density at radius 2 is 2.27 bits per heavy atom. The number of benzene rings is 1. The Labute approximate surface area is 99.8 Å². The third kappa shape index (κ3) is 3.03. The first-order valence-corrected chi connectivity index (χ1v) is 6.24. The topological polar surface area (TPSA) is 15.3 Å². The molecule has 1 aliphatic heterocycles. The summed E-state index contributed by atoms with van der Waals surface area (Å²) in [5.74, 6) is 0. The zero-order valence-electron chi connectivity index (χ0n) is 9.04. The fraction of sp³-hybridized carbons (Fsp3) is 0.500. The summed E-state index contributed by atoms with van der Waals surface area (Å²) >= 11 is 3.60. The monoisotopic (exact) mass is 268 g/mol. The highest BCUT2D eigenvalue weighted by molar-refractivity contribution is 9.10. The van der Waals surface area contributed by atoms with Crippen LogP contribution in [0.15, 0.2) is 28.7 Å². The lowest BCUT2D eigenvalue weighted by molar-refractivity contribution is 0.199. The Bertz CT molecular complexity index is 327. The normalized spacial score (nSPS) is 22.9. The van der Waals surface area contributed by atoms with Crippen molar-refractivity contribution in [3.8, 4) is 0 Å². The van der Waals surface area contributed by atoms with Gasteiger partial charge in [-0.3, -0.25) is 4.90 Å². The van der Waals surface area contributed by atoms with Crippen LogP contribution in [0.5, 0.6) is 0 Å². The number of piperazine rings is 1. The van der Waals surface area contributed by atoms with Crippen LogP contribution in [0.1, 0.15) is 12.5 Å². The minimum atomic E-state index is 0.612. The molecule has 0 amide bonds. The molecule has 0 spiro atoms. The van der Waals surface area contributed by atoms with Crippen LogP contribution in [0, 0.1) is 0 Å². The average molecular weight is 269 g/mol. The van der Waals surface area contributed by atoms with E-state index in [9.17, 15) is 0 Å². The van der Waals surface area contributed by atoms with Gasteiger partial charge in [-0.25, -0.2) is 0 Å². The number of hydrogen-bond acceptors (Lipinski definition) is 2. The Hall–Kier alpha value is -0.380. The molecule has 0 saturated carbocycles. The van der Waals surface area contributed by atoms with Gasteiger partial charge in [0.15, 0.2) is 0 Å². The zero-order valence-corrected chi connectivity index (χ0v) is 10.6. The fourth-order valence-electron chi connectivity index (χ4n) is 2.02. The molecule has 2 rings (SSSR count). The molecule has 2 nitrogen and oxygen atoms in total. The van der Waals surface area contributed by atoms with Crippen LogP contribution in [0.25, 0.3) is 0 Å². The summed E-state index contributed by atoms with van der Waals surface area (Å²) in [6, 6.07) is 9.08. The van der Waals surface area contributed by atoms with Crippen molar-refractivity contribution in [1.29, 1.82) is 0 Å². The number of halogens is 1. The van der Waals surface area contributed by atoms with E-state index < -0.39 is 0 Å². The van der Waals surface area contributed by atoms with Crippen LogP contribution in [-0.2, 0) is 6.54 Å². The second-order valence-corrected chi connectivity index (χ2v) is 5.04. The number of rotatable bonds is 2. The maximum absolute atomic E-state index is 3.60. The Balaban J connectivity index is 1.99. The van der Waals surface area contributed by atoms with Gasteiger partial charge < -0.3 is 5.32 Å². The van der Waals surface area contributed by atoms with E-state index in [0.717, 1.165) is 26.2 Å². The van der Waals surface area contributed by atoms with E-state index in [1.165, 1.54) is 10.0 Å². The third-order valence-electron chi connectivity index (χ3n) is 2.80. The smallest absolute Gasteiger partial charge is 0.0246 e. The van der Waals surface area contributed by atoms with Gasteiger partial charge in [-0.15, -0.1) is 0 Å². The van der Waals surface area contributed by atoms with Gasteiger partial charge >= 0.3 is 0 Å². The van der Waals surface area contributed by atoms with Crippen LogP contribution < -0.4 is 5.32 Å². The highest BCUT2D eigenvalue weighted by Gasteiger charge is 2.15. The molecule has 3 heteroatoms. The van der Waals surface area contributed by atoms with Gasteiger partial charge in [-0.1, -0.05) is 34.1 Å². The molecule has 15 heavy (non-hydrogen) atoms. The van der Waals surface area contributed by atoms with E-state index in [-0.39, 0.29) is 0 Å². The standard InChI is InChI=1S/C12H17BrN2/c1-10-8-15(7-6-14-10)9-11-4-2-3-5-12(11)13/h2-5,10,14H,6-9H2,1H3. The summed E-state index contributed by atoms with van der Waals surface area (Å²) in [7, 11) is 0. The molecule has 1 unspecified atom stereocenters. The molecule has 1 aromatic rings. The van der Waals surface area contributed by atoms with Crippen molar-refractivity contribution in [1.82, 2.24) is 10.2 Å². The molecule has 1 aliphatic rings. The molecule has 1 N–H and O–H groups in total. The Morgan fingerprint density at radius 1 is 1.47 bits per heavy atom. The van der Waals surface area contributed by atoms with Crippen molar-refractivity contribution in [2.45, 2.75) is 19.5 Å². The predicted octanol–water partition coefficient (Wildman–Crippen LogP) is 2.24. The molecule has 0 radical (unpaired) electrons. The van der Waals surface area contributed by atoms with Gasteiger partial charge in [0.1, 0.15) is 0 Å². The summed E-state index contributed by atoms with van der Waals surface area (Å²) in [4.78, 5) is 2.50. The SMILES string of the molecule is CC1CN(Cc2ccccc2Br)CCN1. The van der Waals surface area contributed by atoms with Gasteiger partial charge in [0.25, 0.3) is 0 Å². The van der Waals surface area contributed by atoms with Crippen LogP contribution in [0.3, 0.4) is 0 Å². The molecule has 1 saturated heterocycles. The third-order valence-corrected chi connectivity index (χ3v) is 3.58. The van der Waals surface area contributed by atoms with Crippen molar-refractivity contribution in [3.05, 3.63) is 34.3 Å². The zero-order chi connectivity index (χ0) is 10.7. The second kappa shape index (κ2) is 5.10. The first-order chi connectivity index (χ1) is 7.25. The molecule has 1 aromatic carbocycles. The van der Waals surface area contributed by atoms with Gasteiger partial charge in [0.2, 0.25) is 0 Å². The number of nitrogens with zero attached hydrogens (tertiary/aromatic N) is 1. The van der Waals surface area contributed by atoms with Crippen molar-refractivity contribution in [2.24, 2.45) is 0 Å². The number of nitrogens with one attached hydrogen (secondary N) is 1. The largest absolute Gasteiger partial charge is 0.312 e. The Morgan fingerprint density at radius 3 is 3.00 bits per heavy atom. The lowest BCUT2D eigenvalue weighted by Gasteiger charge is -2.32. The molecule has 0 aliphatic carbocycles. The number of hydrogen-bond donors (Lipinski definition) is 1. The maximum Gasteiger partial charge on any atom is 0.0246 e. The minimum absolute atomic E-state index is 0.612. The van der Waals surface area contributed by atoms with E-state index >= 15 is 0 Å². The lowest BCUT2D eigenvalue weighted by atomic mass is 10.1. The van der Waals surface area contributed by atoms with Crippen LogP contribution in [0.4, 0.5) is 0 Å². The molecule has 1 atom stereocenters. The summed E-state index contributed by atoms with van der Waals surface area (Å²) in [6.07, 6.45) is 0. The average Bonchev–Trinajstić information content (AvgIpc) is 2.22. The quantitative estimate of drug-likeness (QED) is 0.885. The van der Waals surface area contributed by atoms with Crippen molar-refractivity contribution >= 4 is 15.9 Å². The van der Waals surface area contributed by atoms with Crippen molar-refractivity contribution < 1.29 is 0 Å². The van der Waals surface area contributed by atoms with E-state index in [2.05, 4.69) is 57.3 Å². The molecular weight excluding hydrogens is 252 g/mol. The summed E-state index contributed by atoms with van der Waals surface area (Å²) < 4.78 is 1.22. The maximum atomic E-state index is 3.60. The van der Waals surface area contributed by atoms with E-state index in [1.54, 1.807) is 0 Å². The molecule has 0 aromatic heterocycles. The molecular formula is C12H17BrN2. The van der Waals surface area contributed by atoms with Gasteiger partial charge in [0, 0.05) is 36.7 Å². The summed E-state index contributed by atoms with van der Waals surface area (Å²) in [5.41, 5.74) is 1.38. The summed E-state index contributed by atoms with van der Waals surface area (Å²) in [6.45, 7) is 6.68. The Kier molecular flexibility index (Phi) is 3.78. The first-order valence-electron chi connectivity index (χ1n) is 5.45. The van der Waals surface area contributed by atoms with Gasteiger partial charge in [-0.05, 0) is 18.6 Å². The van der Waals surface area contributed by atoms with Crippen LogP contribution in [-0.4, -0.2) is 30.6 Å². The first kappa shape index (κ1) is 11.1. The predicted molar refractivity (Wildman–Crippen MR) is 66.9 cm³/mol. The fourth-order valence-corrected chi connectivity index (χ4v) is 2.43. The molecule has 1 fully saturated rings. The molecule has 82 valence electrons. The van der Waals surface area contributed by atoms with E-state index in [1.807, 2.05) is 0 Å². The highest BCUT2D eigenvalue weighted by Crippen LogP contribution is 2.18. The van der Waals surface area contributed by atoms with E-state index in [4.69, 9.17) is 0 Å². The molecule has 0 bridgehead atoms. The van der Waals surface area contributed by atoms with Crippen LogP contribution >= 0.6 is 15.9 Å². The highest BCUT2D eigenvalue weighted by atomic mass is 79.9. The van der Waals surface area contributed by atoms with Gasteiger partial charge in [0.05, 0.1) is 0 Å². The second-order valence-electron chi connectivity index (χ2n) is 4.18. The van der Waals surface area contributed by atoms with Crippen molar-refractivity contribution in [2.75, 3.05) is 19.6 Å². The molecule has 1 heterocycles. The van der Waals surface area contributed by atoms with Gasteiger partial charge in [-0.2, -0.15) is 0 Å². The van der Waals surface area contributed by atoms with Crippen LogP contribution in [0.2, 0.25) is 0 Å². The van der Waals surface area contributed by atoms with E-state index in [0.29, 0.717) is 6.04 Å². The lowest BCUT2D eigenvalue weighted by Crippen LogP contribution is -2.48. The summed E-state index contributed by atoms with van der Waals surface area (Å²) in [5, 5.41) is 3.46. The minimum Gasteiger partial charge on any atom is -0.312 e. The van der Waals surface area contributed by atoms with Crippen molar-refractivity contribution in [3.63, 3.8) is 0 Å².